The van der Waals surface area contributed by atoms with Crippen molar-refractivity contribution in [3.63, 3.8) is 0 Å². The highest BCUT2D eigenvalue weighted by Gasteiger charge is 2.62. The zero-order chi connectivity index (χ0) is 18.5. The van der Waals surface area contributed by atoms with Gasteiger partial charge in [-0.25, -0.2) is 0 Å². The molecule has 1 aromatic rings. The van der Waals surface area contributed by atoms with Crippen LogP contribution >= 0.6 is 11.8 Å². The van der Waals surface area contributed by atoms with Gasteiger partial charge in [-0.1, -0.05) is 0 Å². The van der Waals surface area contributed by atoms with Gasteiger partial charge in [0.1, 0.15) is 17.2 Å². The van der Waals surface area contributed by atoms with Crippen LogP contribution in [0.2, 0.25) is 0 Å². The number of carboxylic acid groups (broad SMARTS) is 1. The Morgan fingerprint density at radius 3 is 2.52 bits per heavy atom. The number of phenols is 1. The second kappa shape index (κ2) is 5.92. The third-order valence-electron chi connectivity index (χ3n) is 4.57. The van der Waals surface area contributed by atoms with Crippen molar-refractivity contribution in [2.45, 2.75) is 42.1 Å². The maximum absolute atomic E-state index is 12.4. The van der Waals surface area contributed by atoms with Gasteiger partial charge in [-0.05, 0) is 38.1 Å². The molecule has 134 valence electrons. The number of aliphatic carboxylic acids is 1. The van der Waals surface area contributed by atoms with Gasteiger partial charge in [-0.3, -0.25) is 9.59 Å². The largest absolute Gasteiger partial charge is 0.548 e. The lowest BCUT2D eigenvalue weighted by Gasteiger charge is -2.45. The van der Waals surface area contributed by atoms with Crippen molar-refractivity contribution in [2.24, 2.45) is 0 Å². The van der Waals surface area contributed by atoms with Crippen LogP contribution in [0.5, 0.6) is 5.75 Å². The van der Waals surface area contributed by atoms with Crippen LogP contribution in [-0.4, -0.2) is 50.0 Å². The molecule has 2 saturated heterocycles. The molecular formula is C16H19N3O5S. The Morgan fingerprint density at radius 1 is 1.36 bits per heavy atom. The second-order valence-corrected chi connectivity index (χ2v) is 8.48. The molecule has 0 radical (unpaired) electrons. The van der Waals surface area contributed by atoms with E-state index in [9.17, 15) is 24.6 Å². The number of nitrogens with zero attached hydrogens (tertiary/aromatic N) is 1. The molecule has 0 aliphatic carbocycles. The van der Waals surface area contributed by atoms with Gasteiger partial charge in [0.2, 0.25) is 5.91 Å². The molecule has 25 heavy (non-hydrogen) atoms. The number of benzene rings is 1. The van der Waals surface area contributed by atoms with E-state index in [1.807, 2.05) is 0 Å². The summed E-state index contributed by atoms with van der Waals surface area (Å²) in [5.74, 6) is -2.07. The first-order chi connectivity index (χ1) is 11.6. The fourth-order valence-corrected chi connectivity index (χ4v) is 4.86. The summed E-state index contributed by atoms with van der Waals surface area (Å²) in [6.45, 7) is 3.48. The van der Waals surface area contributed by atoms with Gasteiger partial charge in [0.15, 0.2) is 6.04 Å². The maximum Gasteiger partial charge on any atom is 0.283 e. The van der Waals surface area contributed by atoms with Crippen molar-refractivity contribution in [2.75, 3.05) is 0 Å². The Kier molecular flexibility index (Phi) is 4.16. The van der Waals surface area contributed by atoms with Gasteiger partial charge in [0.25, 0.3) is 5.91 Å². The summed E-state index contributed by atoms with van der Waals surface area (Å²) < 4.78 is -0.695. The van der Waals surface area contributed by atoms with Crippen LogP contribution in [0.3, 0.4) is 0 Å². The summed E-state index contributed by atoms with van der Waals surface area (Å²) in [4.78, 5) is 37.4. The number of rotatable bonds is 4. The summed E-state index contributed by atoms with van der Waals surface area (Å²) in [5.41, 5.74) is 4.40. The molecule has 9 heteroatoms. The molecule has 4 atom stereocenters. The van der Waals surface area contributed by atoms with E-state index >= 15 is 0 Å². The molecular weight excluding hydrogens is 346 g/mol. The molecule has 1 aromatic carbocycles. The molecule has 5 N–H and O–H groups in total. The molecule has 2 amide bonds. The number of hydrogen-bond acceptors (Lipinski definition) is 6. The van der Waals surface area contributed by atoms with Crippen LogP contribution < -0.4 is 16.2 Å². The number of aromatic hydroxyl groups is 1. The van der Waals surface area contributed by atoms with Crippen LogP contribution in [0.15, 0.2) is 24.3 Å². The number of thioether (sulfide) groups is 1. The first-order valence-electron chi connectivity index (χ1n) is 7.76. The highest BCUT2D eigenvalue weighted by Crippen LogP contribution is 2.50. The van der Waals surface area contributed by atoms with Crippen LogP contribution in [-0.2, 0) is 14.4 Å². The van der Waals surface area contributed by atoms with Gasteiger partial charge < -0.3 is 31.0 Å². The van der Waals surface area contributed by atoms with Crippen molar-refractivity contribution < 1.29 is 30.3 Å². The standard InChI is InChI=1S/C16H19N3O5S/c1-16(2)11(15(23)24)19-13(22)10(14(19)25-16)18-12(21)9(17)7-3-5-8(20)6-4-7/h3-6,9-11,14,20H,17H2,1-2H3,(H,18,21)(H,23,24)/t9-,10+,11-,14-/m1/s1. The fourth-order valence-electron chi connectivity index (χ4n) is 3.24. The summed E-state index contributed by atoms with van der Waals surface area (Å²) in [5, 5.41) is 22.9. The van der Waals surface area contributed by atoms with Gasteiger partial charge in [0.05, 0.1) is 12.0 Å². The minimum absolute atomic E-state index is 0.0825. The minimum atomic E-state index is -1.29. The number of nitrogens with one attached hydrogen (secondary N) is 1. The molecule has 0 spiro atoms. The molecule has 0 unspecified atom stereocenters. The Balaban J connectivity index is 1.70. The zero-order valence-electron chi connectivity index (χ0n) is 13.8. The molecule has 8 nitrogen and oxygen atoms in total. The number of phenolic OH excluding ortho intramolecular Hbond substituents is 1. The number of carboxylic acids is 1. The molecule has 2 aliphatic heterocycles. The normalized spacial score (nSPS) is 28.0. The number of amides is 2. The lowest BCUT2D eigenvalue weighted by atomic mass is 9.95. The van der Waals surface area contributed by atoms with Crippen LogP contribution in [0.25, 0.3) is 0 Å². The van der Waals surface area contributed by atoms with Crippen LogP contribution in [0, 0.1) is 0 Å². The first kappa shape index (κ1) is 17.6. The lowest BCUT2D eigenvalue weighted by molar-refractivity contribution is -0.409. The van der Waals surface area contributed by atoms with E-state index < -0.39 is 46.0 Å². The Bertz CT molecular complexity index is 736. The smallest absolute Gasteiger partial charge is 0.283 e. The average Bonchev–Trinajstić information content (AvgIpc) is 2.80. The van der Waals surface area contributed by atoms with E-state index in [1.165, 1.54) is 28.8 Å². The number of carbonyl (C=O) groups excluding carboxylic acids is 3. The molecule has 0 bridgehead atoms. The van der Waals surface area contributed by atoms with E-state index in [0.29, 0.717) is 5.56 Å². The predicted octanol–water partition coefficient (Wildman–Crippen LogP) is -2.03. The lowest BCUT2D eigenvalue weighted by Crippen LogP contribution is -2.73. The Labute approximate surface area is 148 Å². The molecule has 2 aliphatic rings. The first-order valence-corrected chi connectivity index (χ1v) is 8.64. The monoisotopic (exact) mass is 365 g/mol. The zero-order valence-corrected chi connectivity index (χ0v) is 14.6. The summed E-state index contributed by atoms with van der Waals surface area (Å²) in [6.07, 6.45) is 0. The van der Waals surface area contributed by atoms with Crippen molar-refractivity contribution in [3.8, 4) is 5.75 Å². The van der Waals surface area contributed by atoms with Gasteiger partial charge >= 0.3 is 0 Å². The van der Waals surface area contributed by atoms with E-state index in [2.05, 4.69) is 11.1 Å². The van der Waals surface area contributed by atoms with Gasteiger partial charge in [-0.15, -0.1) is 11.8 Å². The van der Waals surface area contributed by atoms with Crippen molar-refractivity contribution >= 4 is 29.5 Å². The molecule has 2 heterocycles. The number of fused-ring (bicyclic) bond motifs is 1. The average molecular weight is 365 g/mol. The number of carbonyl (C=O) groups is 3. The van der Waals surface area contributed by atoms with E-state index in [0.717, 1.165) is 0 Å². The van der Waals surface area contributed by atoms with Crippen molar-refractivity contribution in [1.82, 2.24) is 10.2 Å². The third kappa shape index (κ3) is 2.83. The van der Waals surface area contributed by atoms with Crippen molar-refractivity contribution in [1.29, 1.82) is 0 Å². The topological polar surface area (TPSA) is 137 Å². The second-order valence-electron chi connectivity index (χ2n) is 6.71. The number of quaternary nitrogens is 1. The van der Waals surface area contributed by atoms with E-state index in [-0.39, 0.29) is 5.75 Å². The highest BCUT2D eigenvalue weighted by molar-refractivity contribution is 8.01. The quantitative estimate of drug-likeness (QED) is 0.526. The Morgan fingerprint density at radius 2 is 1.96 bits per heavy atom. The molecule has 3 rings (SSSR count). The summed E-state index contributed by atoms with van der Waals surface area (Å²) >= 11 is 1.33. The molecule has 2 fully saturated rings. The SMILES string of the molecule is CC1(C)S[C@@H]2[C@@H](NC(=O)[C@H]([NH3+])c3ccc(O)cc3)C(=O)N2[C@@H]1C(=O)[O-]. The number of β-lactam (4-membered cyclic amide) rings is 1. The van der Waals surface area contributed by atoms with E-state index in [1.54, 1.807) is 26.0 Å². The summed E-state index contributed by atoms with van der Waals surface area (Å²) in [6, 6.07) is 3.53. The molecule has 0 aromatic heterocycles. The van der Waals surface area contributed by atoms with E-state index in [4.69, 9.17) is 0 Å². The van der Waals surface area contributed by atoms with Crippen LogP contribution in [0.1, 0.15) is 25.5 Å². The van der Waals surface area contributed by atoms with Crippen molar-refractivity contribution in [3.05, 3.63) is 29.8 Å². The van der Waals surface area contributed by atoms with Crippen LogP contribution in [0.4, 0.5) is 0 Å². The third-order valence-corrected chi connectivity index (χ3v) is 6.15. The Hall–Kier alpha value is -2.26. The van der Waals surface area contributed by atoms with Gasteiger partial charge in [-0.2, -0.15) is 0 Å². The highest BCUT2D eigenvalue weighted by atomic mass is 32.2. The molecule has 0 saturated carbocycles. The predicted molar refractivity (Wildman–Crippen MR) is 86.8 cm³/mol. The van der Waals surface area contributed by atoms with Gasteiger partial charge in [0, 0.05) is 10.3 Å². The maximum atomic E-state index is 12.4. The minimum Gasteiger partial charge on any atom is -0.548 e. The fraction of sp³-hybridized carbons (Fsp3) is 0.438. The number of hydrogen-bond donors (Lipinski definition) is 3. The summed E-state index contributed by atoms with van der Waals surface area (Å²) in [7, 11) is 0.